The number of hydrogen-bond donors (Lipinski definition) is 1. The molecule has 0 aliphatic carbocycles. The highest BCUT2D eigenvalue weighted by molar-refractivity contribution is 7.89. The third kappa shape index (κ3) is 5.21. The highest BCUT2D eigenvalue weighted by atomic mass is 35.5. The molecule has 1 amide bonds. The lowest BCUT2D eigenvalue weighted by Crippen LogP contribution is -2.40. The maximum atomic E-state index is 12.8. The highest BCUT2D eigenvalue weighted by Crippen LogP contribution is 2.27. The normalized spacial score (nSPS) is 15.3. The van der Waals surface area contributed by atoms with Crippen molar-refractivity contribution in [2.24, 2.45) is 0 Å². The van der Waals surface area contributed by atoms with Crippen molar-refractivity contribution in [2.75, 3.05) is 31.6 Å². The molecule has 2 aromatic rings. The molecule has 1 saturated heterocycles. The zero-order valence-electron chi connectivity index (χ0n) is 15.0. The maximum Gasteiger partial charge on any atom is 0.387 e. The summed E-state index contributed by atoms with van der Waals surface area (Å²) in [6, 6.07) is 9.26. The van der Waals surface area contributed by atoms with Crippen molar-refractivity contribution in [1.82, 2.24) is 4.31 Å². The number of benzene rings is 2. The Morgan fingerprint density at radius 2 is 1.79 bits per heavy atom. The molecule has 0 bridgehead atoms. The van der Waals surface area contributed by atoms with Crippen LogP contribution in [0.5, 0.6) is 5.75 Å². The van der Waals surface area contributed by atoms with Gasteiger partial charge in [-0.25, -0.2) is 8.42 Å². The lowest BCUT2D eigenvalue weighted by molar-refractivity contribution is -0.0498. The van der Waals surface area contributed by atoms with E-state index in [2.05, 4.69) is 10.1 Å². The minimum Gasteiger partial charge on any atom is -0.435 e. The number of carbonyl (C=O) groups excluding carboxylic acids is 1. The predicted octanol–water partition coefficient (Wildman–Crippen LogP) is 3.21. The van der Waals surface area contributed by atoms with E-state index in [-0.39, 0.29) is 47.5 Å². The van der Waals surface area contributed by atoms with E-state index in [1.807, 2.05) is 0 Å². The fraction of sp³-hybridized carbons (Fsp3) is 0.278. The molecule has 2 aromatic carbocycles. The van der Waals surface area contributed by atoms with Crippen LogP contribution in [0.1, 0.15) is 10.4 Å². The molecule has 1 aliphatic rings. The van der Waals surface area contributed by atoms with Crippen LogP contribution in [-0.4, -0.2) is 51.5 Å². The van der Waals surface area contributed by atoms with E-state index in [0.29, 0.717) is 5.69 Å². The van der Waals surface area contributed by atoms with E-state index in [1.54, 1.807) is 0 Å². The van der Waals surface area contributed by atoms with Gasteiger partial charge in [0, 0.05) is 24.3 Å². The quantitative estimate of drug-likeness (QED) is 0.736. The second-order valence-electron chi connectivity index (χ2n) is 6.02. The number of carbonyl (C=O) groups is 1. The topological polar surface area (TPSA) is 84.9 Å². The molecule has 0 aromatic heterocycles. The van der Waals surface area contributed by atoms with Gasteiger partial charge in [0.15, 0.2) is 0 Å². The summed E-state index contributed by atoms with van der Waals surface area (Å²) < 4.78 is 60.7. The lowest BCUT2D eigenvalue weighted by Gasteiger charge is -2.26. The van der Waals surface area contributed by atoms with Crippen LogP contribution in [0.25, 0.3) is 0 Å². The Bertz CT molecular complexity index is 980. The summed E-state index contributed by atoms with van der Waals surface area (Å²) in [5, 5.41) is 2.56. The van der Waals surface area contributed by atoms with E-state index in [4.69, 9.17) is 16.3 Å². The van der Waals surface area contributed by atoms with E-state index >= 15 is 0 Å². The van der Waals surface area contributed by atoms with Gasteiger partial charge in [0.05, 0.1) is 18.2 Å². The largest absolute Gasteiger partial charge is 0.435 e. The molecule has 7 nitrogen and oxygen atoms in total. The number of amides is 1. The fourth-order valence-electron chi connectivity index (χ4n) is 2.69. The van der Waals surface area contributed by atoms with Crippen LogP contribution in [0.3, 0.4) is 0 Å². The van der Waals surface area contributed by atoms with Gasteiger partial charge in [-0.2, -0.15) is 13.1 Å². The number of halogens is 3. The Morgan fingerprint density at radius 1 is 1.14 bits per heavy atom. The number of alkyl halides is 2. The van der Waals surface area contributed by atoms with Crippen molar-refractivity contribution in [3.63, 3.8) is 0 Å². The van der Waals surface area contributed by atoms with Crippen molar-refractivity contribution in [3.8, 4) is 5.75 Å². The third-order valence-electron chi connectivity index (χ3n) is 4.12. The maximum absolute atomic E-state index is 12.8. The fourth-order valence-corrected chi connectivity index (χ4v) is 4.60. The molecule has 0 spiro atoms. The zero-order valence-corrected chi connectivity index (χ0v) is 16.6. The molecule has 0 saturated carbocycles. The molecule has 0 radical (unpaired) electrons. The standard InChI is InChI=1S/C18H17ClF2N2O5S/c19-15-6-1-12(11-16(15)29(25,26)23-7-9-27-10-8-23)17(24)22-13-2-4-14(5-3-13)28-18(20)21/h1-6,11,18H,7-10H2,(H,22,24). The van der Waals surface area contributed by atoms with Crippen molar-refractivity contribution >= 4 is 33.2 Å². The lowest BCUT2D eigenvalue weighted by atomic mass is 10.2. The van der Waals surface area contributed by atoms with Crippen LogP contribution < -0.4 is 10.1 Å². The summed E-state index contributed by atoms with van der Waals surface area (Å²) in [5.74, 6) is -0.633. The SMILES string of the molecule is O=C(Nc1ccc(OC(F)F)cc1)c1ccc(Cl)c(S(=O)(=O)N2CCOCC2)c1. The van der Waals surface area contributed by atoms with Gasteiger partial charge in [0.1, 0.15) is 10.6 Å². The van der Waals surface area contributed by atoms with Gasteiger partial charge in [-0.15, -0.1) is 0 Å². The summed E-state index contributed by atoms with van der Waals surface area (Å²) in [7, 11) is -3.88. The number of anilines is 1. The average molecular weight is 447 g/mol. The van der Waals surface area contributed by atoms with Crippen LogP contribution in [0.4, 0.5) is 14.5 Å². The highest BCUT2D eigenvalue weighted by Gasteiger charge is 2.29. The van der Waals surface area contributed by atoms with Crippen LogP contribution in [0.2, 0.25) is 5.02 Å². The molecule has 0 atom stereocenters. The molecule has 156 valence electrons. The zero-order chi connectivity index (χ0) is 21.0. The second kappa shape index (κ2) is 9.04. The molecule has 1 fully saturated rings. The number of nitrogens with zero attached hydrogens (tertiary/aromatic N) is 1. The van der Waals surface area contributed by atoms with Crippen LogP contribution in [-0.2, 0) is 14.8 Å². The number of nitrogens with one attached hydrogen (secondary N) is 1. The average Bonchev–Trinajstić information content (AvgIpc) is 2.70. The number of rotatable bonds is 6. The monoisotopic (exact) mass is 446 g/mol. The molecule has 11 heteroatoms. The second-order valence-corrected chi connectivity index (χ2v) is 8.33. The summed E-state index contributed by atoms with van der Waals surface area (Å²) in [5.41, 5.74) is 0.401. The van der Waals surface area contributed by atoms with E-state index in [0.717, 1.165) is 0 Å². The molecule has 1 aliphatic heterocycles. The molecule has 29 heavy (non-hydrogen) atoms. The first-order chi connectivity index (χ1) is 13.8. The first-order valence-corrected chi connectivity index (χ1v) is 10.3. The minimum absolute atomic E-state index is 0.00143. The first kappa shape index (κ1) is 21.4. The van der Waals surface area contributed by atoms with Gasteiger partial charge in [-0.3, -0.25) is 4.79 Å². The Morgan fingerprint density at radius 3 is 2.41 bits per heavy atom. The van der Waals surface area contributed by atoms with E-state index in [9.17, 15) is 22.0 Å². The smallest absolute Gasteiger partial charge is 0.387 e. The molecular weight excluding hydrogens is 430 g/mol. The first-order valence-electron chi connectivity index (χ1n) is 8.51. The minimum atomic E-state index is -3.88. The van der Waals surface area contributed by atoms with Crippen LogP contribution >= 0.6 is 11.6 Å². The summed E-state index contributed by atoms with van der Waals surface area (Å²) in [4.78, 5) is 12.3. The molecule has 0 unspecified atom stereocenters. The Balaban J connectivity index is 1.79. The van der Waals surface area contributed by atoms with E-state index in [1.165, 1.54) is 46.8 Å². The summed E-state index contributed by atoms with van der Waals surface area (Å²) in [6.07, 6.45) is 0. The molecule has 3 rings (SSSR count). The van der Waals surface area contributed by atoms with Gasteiger partial charge < -0.3 is 14.8 Å². The van der Waals surface area contributed by atoms with Crippen LogP contribution in [0.15, 0.2) is 47.4 Å². The van der Waals surface area contributed by atoms with Gasteiger partial charge in [0.25, 0.3) is 5.91 Å². The molecule has 1 heterocycles. The Hall–Kier alpha value is -2.27. The van der Waals surface area contributed by atoms with Gasteiger partial charge in [0.2, 0.25) is 10.0 Å². The van der Waals surface area contributed by atoms with Crippen molar-refractivity contribution < 1.29 is 31.5 Å². The molecule has 1 N–H and O–H groups in total. The van der Waals surface area contributed by atoms with Crippen molar-refractivity contribution in [1.29, 1.82) is 0 Å². The van der Waals surface area contributed by atoms with Gasteiger partial charge >= 0.3 is 6.61 Å². The number of sulfonamides is 1. The number of ether oxygens (including phenoxy) is 2. The Labute approximate surface area is 171 Å². The van der Waals surface area contributed by atoms with Crippen molar-refractivity contribution in [2.45, 2.75) is 11.5 Å². The van der Waals surface area contributed by atoms with Crippen molar-refractivity contribution in [3.05, 3.63) is 53.1 Å². The van der Waals surface area contributed by atoms with E-state index < -0.39 is 22.5 Å². The number of hydrogen-bond acceptors (Lipinski definition) is 5. The van der Waals surface area contributed by atoms with Crippen LogP contribution in [0, 0.1) is 0 Å². The van der Waals surface area contributed by atoms with Gasteiger partial charge in [-0.1, -0.05) is 11.6 Å². The third-order valence-corrected chi connectivity index (χ3v) is 6.50. The molecular formula is C18H17ClF2N2O5S. The van der Waals surface area contributed by atoms with Gasteiger partial charge in [-0.05, 0) is 42.5 Å². The Kier molecular flexibility index (Phi) is 6.68. The number of morpholine rings is 1. The summed E-state index contributed by atoms with van der Waals surface area (Å²) in [6.45, 7) is -1.99. The summed E-state index contributed by atoms with van der Waals surface area (Å²) >= 11 is 6.08. The predicted molar refractivity (Wildman–Crippen MR) is 102 cm³/mol.